The molecule has 0 bridgehead atoms. The molecule has 1 amide bonds. The summed E-state index contributed by atoms with van der Waals surface area (Å²) in [4.78, 5) is 42.1. The molecule has 4 aromatic heterocycles. The summed E-state index contributed by atoms with van der Waals surface area (Å²) < 4.78 is 12.1. The van der Waals surface area contributed by atoms with Crippen LogP contribution in [0.4, 0.5) is 5.82 Å². The summed E-state index contributed by atoms with van der Waals surface area (Å²) in [6.45, 7) is 0.576. The van der Waals surface area contributed by atoms with Crippen LogP contribution in [0, 0.1) is 0 Å². The number of hydrogen-bond donors (Lipinski definition) is 2. The van der Waals surface area contributed by atoms with Gasteiger partial charge in [-0.3, -0.25) is 19.1 Å². The van der Waals surface area contributed by atoms with Gasteiger partial charge in [0.25, 0.3) is 11.5 Å². The number of carbonyl (C=O) groups excluding carboxylic acids is 1. The fourth-order valence-electron chi connectivity index (χ4n) is 4.58. The number of carbonyl (C=O) groups is 1. The third kappa shape index (κ3) is 5.26. The largest absolute Gasteiger partial charge is 0.481 e. The van der Waals surface area contributed by atoms with Gasteiger partial charge in [-0.1, -0.05) is 0 Å². The van der Waals surface area contributed by atoms with Crippen LogP contribution in [0.3, 0.4) is 0 Å². The van der Waals surface area contributed by atoms with Crippen molar-refractivity contribution in [1.82, 2.24) is 29.8 Å². The van der Waals surface area contributed by atoms with Crippen molar-refractivity contribution in [2.24, 2.45) is 0 Å². The highest BCUT2D eigenvalue weighted by atomic mass is 35.5. The highest BCUT2D eigenvalue weighted by molar-refractivity contribution is 5.94. The molecule has 2 N–H and O–H groups in total. The summed E-state index contributed by atoms with van der Waals surface area (Å²) in [5.41, 5.74) is 4.33. The molecule has 11 nitrogen and oxygen atoms in total. The van der Waals surface area contributed by atoms with Crippen molar-refractivity contribution in [1.29, 1.82) is 0 Å². The molecular weight excluding hydrogens is 533 g/mol. The third-order valence-corrected chi connectivity index (χ3v) is 6.39. The number of amides is 1. The van der Waals surface area contributed by atoms with E-state index < -0.39 is 0 Å². The Labute approximate surface area is 229 Å². The van der Waals surface area contributed by atoms with Crippen molar-refractivity contribution in [2.75, 3.05) is 19.0 Å². The standard InChI is InChI=1S/C25H23N7O4.2ClH/c1-35-22-7-5-18-25(31-22)32(23(34)12-28-18)17-8-14-2-3-15(9-19(14)27-11-17)26-10-16-4-6-20-24(29-16)30-21(33)13-36-20;;/h4-8,11-12,15,26H,2-3,9-10,13H2,1H3,(H,29,30,33);2*1H. The molecule has 4 aromatic rings. The maximum Gasteiger partial charge on any atom is 0.275 e. The van der Waals surface area contributed by atoms with Gasteiger partial charge in [0.05, 0.1) is 30.9 Å². The van der Waals surface area contributed by atoms with Crippen LogP contribution in [-0.2, 0) is 24.2 Å². The van der Waals surface area contributed by atoms with E-state index in [1.165, 1.54) is 17.9 Å². The molecule has 1 unspecified atom stereocenters. The van der Waals surface area contributed by atoms with E-state index in [-0.39, 0.29) is 48.9 Å². The van der Waals surface area contributed by atoms with Gasteiger partial charge in [0, 0.05) is 30.8 Å². The van der Waals surface area contributed by atoms with Crippen LogP contribution in [-0.4, -0.2) is 50.2 Å². The summed E-state index contributed by atoms with van der Waals surface area (Å²) >= 11 is 0. The maximum absolute atomic E-state index is 12.7. The normalized spacial score (nSPS) is 15.7. The first kappa shape index (κ1) is 27.2. The van der Waals surface area contributed by atoms with Gasteiger partial charge in [-0.05, 0) is 42.7 Å². The molecule has 0 radical (unpaired) electrons. The van der Waals surface area contributed by atoms with Crippen LogP contribution in [0.15, 0.2) is 47.5 Å². The molecule has 0 saturated heterocycles. The molecule has 13 heteroatoms. The molecule has 0 fully saturated rings. The number of halogens is 2. The molecule has 0 aromatic carbocycles. The zero-order valence-corrected chi connectivity index (χ0v) is 22.0. The number of hydrogen-bond acceptors (Lipinski definition) is 9. The monoisotopic (exact) mass is 557 g/mol. The minimum absolute atomic E-state index is 0. The summed E-state index contributed by atoms with van der Waals surface area (Å²) in [5.74, 6) is 1.25. The molecule has 2 aliphatic rings. The molecule has 0 spiro atoms. The molecule has 198 valence electrons. The van der Waals surface area contributed by atoms with Crippen LogP contribution in [0.2, 0.25) is 0 Å². The van der Waals surface area contributed by atoms with Gasteiger partial charge in [-0.25, -0.2) is 9.97 Å². The fourth-order valence-corrected chi connectivity index (χ4v) is 4.58. The number of pyridine rings is 3. The summed E-state index contributed by atoms with van der Waals surface area (Å²) in [6, 6.07) is 9.45. The zero-order chi connectivity index (χ0) is 24.6. The minimum Gasteiger partial charge on any atom is -0.481 e. The molecule has 38 heavy (non-hydrogen) atoms. The van der Waals surface area contributed by atoms with Crippen LogP contribution in [0.5, 0.6) is 11.6 Å². The van der Waals surface area contributed by atoms with Gasteiger partial charge in [-0.15, -0.1) is 24.8 Å². The van der Waals surface area contributed by atoms with Gasteiger partial charge >= 0.3 is 0 Å². The third-order valence-electron chi connectivity index (χ3n) is 6.39. The Balaban J connectivity index is 0.00000168. The molecule has 1 aliphatic heterocycles. The number of nitrogens with zero attached hydrogens (tertiary/aromatic N) is 5. The second-order valence-corrected chi connectivity index (χ2v) is 8.73. The predicted molar refractivity (Wildman–Crippen MR) is 145 cm³/mol. The lowest BCUT2D eigenvalue weighted by atomic mass is 9.91. The summed E-state index contributed by atoms with van der Waals surface area (Å²) in [7, 11) is 1.53. The van der Waals surface area contributed by atoms with Crippen molar-refractivity contribution in [3.63, 3.8) is 0 Å². The van der Waals surface area contributed by atoms with Gasteiger partial charge in [0.2, 0.25) is 5.88 Å². The number of anilines is 1. The van der Waals surface area contributed by atoms with Crippen LogP contribution in [0.25, 0.3) is 16.9 Å². The van der Waals surface area contributed by atoms with Crippen LogP contribution >= 0.6 is 24.8 Å². The van der Waals surface area contributed by atoms with E-state index in [1.54, 1.807) is 18.3 Å². The van der Waals surface area contributed by atoms with Crippen molar-refractivity contribution in [3.05, 3.63) is 70.0 Å². The van der Waals surface area contributed by atoms with E-state index in [2.05, 4.69) is 25.6 Å². The first-order chi connectivity index (χ1) is 17.6. The lowest BCUT2D eigenvalue weighted by Gasteiger charge is -2.25. The molecule has 6 rings (SSSR count). The highest BCUT2D eigenvalue weighted by Gasteiger charge is 2.22. The average molecular weight is 558 g/mol. The van der Waals surface area contributed by atoms with Crippen molar-refractivity contribution in [3.8, 4) is 17.3 Å². The quantitative estimate of drug-likeness (QED) is 0.379. The summed E-state index contributed by atoms with van der Waals surface area (Å²) in [5, 5.41) is 6.28. The lowest BCUT2D eigenvalue weighted by Crippen LogP contribution is -2.35. The van der Waals surface area contributed by atoms with Gasteiger partial charge in [-0.2, -0.15) is 4.98 Å². The fraction of sp³-hybridized carbons (Fsp3) is 0.280. The number of rotatable bonds is 5. The number of ether oxygens (including phenoxy) is 2. The number of aryl methyl sites for hydroxylation is 1. The van der Waals surface area contributed by atoms with E-state index in [1.807, 2.05) is 18.2 Å². The Hall–Kier alpha value is -3.80. The molecule has 0 saturated carbocycles. The van der Waals surface area contributed by atoms with Crippen LogP contribution in [0.1, 0.15) is 23.4 Å². The highest BCUT2D eigenvalue weighted by Crippen LogP contribution is 2.26. The van der Waals surface area contributed by atoms with Crippen molar-refractivity contribution < 1.29 is 14.3 Å². The number of nitrogens with one attached hydrogen (secondary N) is 2. The first-order valence-electron chi connectivity index (χ1n) is 11.6. The Bertz CT molecular complexity index is 1560. The van der Waals surface area contributed by atoms with Crippen molar-refractivity contribution >= 4 is 47.7 Å². The summed E-state index contributed by atoms with van der Waals surface area (Å²) in [6.07, 6.45) is 5.50. The second kappa shape index (κ2) is 11.3. The smallest absolute Gasteiger partial charge is 0.275 e. The number of fused-ring (bicyclic) bond motifs is 3. The molecule has 1 atom stereocenters. The first-order valence-corrected chi connectivity index (χ1v) is 11.6. The zero-order valence-electron chi connectivity index (χ0n) is 20.3. The van der Waals surface area contributed by atoms with Gasteiger partial charge in [0.15, 0.2) is 23.8 Å². The Morgan fingerprint density at radius 2 is 2.00 bits per heavy atom. The van der Waals surface area contributed by atoms with Crippen molar-refractivity contribution in [2.45, 2.75) is 31.8 Å². The Morgan fingerprint density at radius 3 is 2.84 bits per heavy atom. The average Bonchev–Trinajstić information content (AvgIpc) is 2.91. The predicted octanol–water partition coefficient (Wildman–Crippen LogP) is 2.40. The van der Waals surface area contributed by atoms with E-state index in [0.717, 1.165) is 36.2 Å². The maximum atomic E-state index is 12.7. The van der Waals surface area contributed by atoms with Crippen LogP contribution < -0.4 is 25.7 Å². The molecular formula is C25H25Cl2N7O4. The number of aromatic nitrogens is 5. The molecule has 5 heterocycles. The minimum atomic E-state index is -0.278. The second-order valence-electron chi connectivity index (χ2n) is 8.73. The van der Waals surface area contributed by atoms with E-state index in [0.29, 0.717) is 40.8 Å². The van der Waals surface area contributed by atoms with Gasteiger partial charge < -0.3 is 20.1 Å². The van der Waals surface area contributed by atoms with Gasteiger partial charge in [0.1, 0.15) is 5.52 Å². The Morgan fingerprint density at radius 1 is 1.13 bits per heavy atom. The van der Waals surface area contributed by atoms with E-state index >= 15 is 0 Å². The number of methoxy groups -OCH3 is 1. The SMILES string of the molecule is COc1ccc2ncc(=O)n(-c3cnc4c(c3)CCC(NCc3ccc5c(n3)NC(=O)CO5)C4)c2n1.Cl.Cl. The Kier molecular flexibility index (Phi) is 8.10. The lowest BCUT2D eigenvalue weighted by molar-refractivity contribution is -0.118. The topological polar surface area (TPSA) is 133 Å². The molecule has 1 aliphatic carbocycles. The van der Waals surface area contributed by atoms with E-state index in [9.17, 15) is 9.59 Å². The van der Waals surface area contributed by atoms with E-state index in [4.69, 9.17) is 14.5 Å².